The van der Waals surface area contributed by atoms with Crippen molar-refractivity contribution in [3.8, 4) is 5.75 Å². The van der Waals surface area contributed by atoms with E-state index < -0.39 is 0 Å². The minimum Gasteiger partial charge on any atom is -0.495 e. The summed E-state index contributed by atoms with van der Waals surface area (Å²) in [5.74, 6) is 1.32. The molecule has 3 nitrogen and oxygen atoms in total. The smallest absolute Gasteiger partial charge is 0.143 e. The van der Waals surface area contributed by atoms with Crippen LogP contribution in [0.4, 0.5) is 11.4 Å². The van der Waals surface area contributed by atoms with Gasteiger partial charge in [0.25, 0.3) is 0 Å². The summed E-state index contributed by atoms with van der Waals surface area (Å²) in [7, 11) is 1.69. The average molecular weight is 276 g/mol. The third-order valence-corrected chi connectivity index (χ3v) is 4.47. The maximum atomic E-state index is 6.09. The number of rotatable bonds is 4. The lowest BCUT2D eigenvalue weighted by atomic mass is 9.79. The van der Waals surface area contributed by atoms with Crippen LogP contribution in [0.25, 0.3) is 0 Å². The van der Waals surface area contributed by atoms with Crippen molar-refractivity contribution in [1.29, 1.82) is 0 Å². The first-order chi connectivity index (χ1) is 9.40. The molecule has 0 aromatic heterocycles. The molecule has 0 saturated carbocycles. The third kappa shape index (κ3) is 2.58. The highest BCUT2D eigenvalue weighted by Crippen LogP contribution is 2.46. The summed E-state index contributed by atoms with van der Waals surface area (Å²) in [5, 5.41) is 0. The highest BCUT2D eigenvalue weighted by molar-refractivity contribution is 5.70. The summed E-state index contributed by atoms with van der Waals surface area (Å²) in [4.78, 5) is 2.54. The molecule has 0 saturated heterocycles. The van der Waals surface area contributed by atoms with Gasteiger partial charge in [-0.15, -0.1) is 0 Å². The van der Waals surface area contributed by atoms with E-state index in [0.717, 1.165) is 24.4 Å². The second-order valence-corrected chi connectivity index (χ2v) is 6.58. The van der Waals surface area contributed by atoms with E-state index in [4.69, 9.17) is 10.5 Å². The van der Waals surface area contributed by atoms with Crippen LogP contribution in [0.15, 0.2) is 12.1 Å². The van der Waals surface area contributed by atoms with Crippen molar-refractivity contribution in [2.24, 2.45) is 0 Å². The quantitative estimate of drug-likeness (QED) is 0.839. The van der Waals surface area contributed by atoms with E-state index in [-0.39, 0.29) is 5.54 Å². The summed E-state index contributed by atoms with van der Waals surface area (Å²) in [5.41, 5.74) is 9.67. The average Bonchev–Trinajstić information content (AvgIpc) is 2.38. The number of nitrogens with two attached hydrogens (primary N) is 1. The summed E-state index contributed by atoms with van der Waals surface area (Å²) < 4.78 is 5.42. The molecule has 0 bridgehead atoms. The summed E-state index contributed by atoms with van der Waals surface area (Å²) in [6.07, 6.45) is 3.59. The van der Waals surface area contributed by atoms with Crippen molar-refractivity contribution in [3.05, 3.63) is 17.7 Å². The van der Waals surface area contributed by atoms with Gasteiger partial charge in [-0.25, -0.2) is 0 Å². The van der Waals surface area contributed by atoms with E-state index >= 15 is 0 Å². The van der Waals surface area contributed by atoms with Gasteiger partial charge in [-0.05, 0) is 44.2 Å². The normalized spacial score (nSPS) is 20.6. The molecule has 0 amide bonds. The van der Waals surface area contributed by atoms with Crippen molar-refractivity contribution < 1.29 is 4.74 Å². The molecule has 1 aliphatic heterocycles. The fourth-order valence-corrected chi connectivity index (χ4v) is 3.44. The number of nitrogen functional groups attached to an aromatic ring is 1. The Hall–Kier alpha value is -1.38. The number of unbranched alkanes of at least 4 members (excludes halogenated alkanes) is 1. The second-order valence-electron chi connectivity index (χ2n) is 6.58. The van der Waals surface area contributed by atoms with Gasteiger partial charge in [0.1, 0.15) is 5.75 Å². The first kappa shape index (κ1) is 15.0. The number of nitrogens with zero attached hydrogens (tertiary/aromatic N) is 1. The number of methoxy groups -OCH3 is 1. The van der Waals surface area contributed by atoms with Gasteiger partial charge >= 0.3 is 0 Å². The van der Waals surface area contributed by atoms with Crippen LogP contribution >= 0.6 is 0 Å². The summed E-state index contributed by atoms with van der Waals surface area (Å²) in [6.45, 7) is 10.3. The largest absolute Gasteiger partial charge is 0.495 e. The van der Waals surface area contributed by atoms with Gasteiger partial charge in [0.2, 0.25) is 0 Å². The number of benzene rings is 1. The highest BCUT2D eigenvalue weighted by atomic mass is 16.5. The Balaban J connectivity index is 2.50. The molecule has 0 radical (unpaired) electrons. The number of hydrogen-bond donors (Lipinski definition) is 1. The van der Waals surface area contributed by atoms with Crippen LogP contribution in [0, 0.1) is 0 Å². The lowest BCUT2D eigenvalue weighted by molar-refractivity contribution is 0.371. The van der Waals surface area contributed by atoms with E-state index in [9.17, 15) is 0 Å². The van der Waals surface area contributed by atoms with Gasteiger partial charge in [0.15, 0.2) is 0 Å². The van der Waals surface area contributed by atoms with Gasteiger partial charge in [-0.2, -0.15) is 0 Å². The molecular weight excluding hydrogens is 248 g/mol. The Bertz CT molecular complexity index is 482. The first-order valence-corrected chi connectivity index (χ1v) is 7.65. The fraction of sp³-hybridized carbons (Fsp3) is 0.647. The molecule has 1 aromatic carbocycles. The van der Waals surface area contributed by atoms with Crippen LogP contribution in [0.2, 0.25) is 0 Å². The molecule has 112 valence electrons. The maximum absolute atomic E-state index is 6.09. The van der Waals surface area contributed by atoms with Crippen LogP contribution in [0.1, 0.15) is 58.4 Å². The van der Waals surface area contributed by atoms with Crippen molar-refractivity contribution >= 4 is 11.4 Å². The number of hydrogen-bond acceptors (Lipinski definition) is 3. The van der Waals surface area contributed by atoms with Crippen LogP contribution in [-0.4, -0.2) is 19.2 Å². The zero-order chi connectivity index (χ0) is 14.9. The Morgan fingerprint density at radius 3 is 2.70 bits per heavy atom. The predicted octanol–water partition coefficient (Wildman–Crippen LogP) is 4.17. The Morgan fingerprint density at radius 2 is 2.10 bits per heavy atom. The standard InChI is InChI=1S/C17H28N2O/c1-6-7-8-19-15-10-16(20-5)14(18)9-13(15)12(2)11-17(19,3)4/h9-10,12H,6-8,11,18H2,1-5H3. The minimum atomic E-state index is 0.183. The van der Waals surface area contributed by atoms with E-state index in [2.05, 4.69) is 44.7 Å². The molecule has 2 N–H and O–H groups in total. The SMILES string of the molecule is CCCCN1c2cc(OC)c(N)cc2C(C)CC1(C)C. The number of fused-ring (bicyclic) bond motifs is 1. The van der Waals surface area contributed by atoms with Crippen molar-refractivity contribution in [3.63, 3.8) is 0 Å². The zero-order valence-corrected chi connectivity index (χ0v) is 13.5. The molecule has 0 spiro atoms. The maximum Gasteiger partial charge on any atom is 0.143 e. The van der Waals surface area contributed by atoms with E-state index in [1.807, 2.05) is 0 Å². The molecule has 1 aromatic rings. The highest BCUT2D eigenvalue weighted by Gasteiger charge is 2.36. The van der Waals surface area contributed by atoms with Crippen molar-refractivity contribution in [2.75, 3.05) is 24.3 Å². The molecule has 0 fully saturated rings. The lowest BCUT2D eigenvalue weighted by Crippen LogP contribution is -2.48. The zero-order valence-electron chi connectivity index (χ0n) is 13.5. The van der Waals surface area contributed by atoms with Gasteiger partial charge < -0.3 is 15.4 Å². The molecule has 2 rings (SSSR count). The Labute approximate surface area is 123 Å². The molecule has 0 aliphatic carbocycles. The lowest BCUT2D eigenvalue weighted by Gasteiger charge is -2.48. The van der Waals surface area contributed by atoms with Crippen LogP contribution < -0.4 is 15.4 Å². The monoisotopic (exact) mass is 276 g/mol. The summed E-state index contributed by atoms with van der Waals surface area (Å²) >= 11 is 0. The number of anilines is 2. The number of ether oxygens (including phenoxy) is 1. The topological polar surface area (TPSA) is 38.5 Å². The van der Waals surface area contributed by atoms with E-state index in [1.54, 1.807) is 7.11 Å². The van der Waals surface area contributed by atoms with Gasteiger partial charge in [0.05, 0.1) is 12.8 Å². The van der Waals surface area contributed by atoms with E-state index in [0.29, 0.717) is 5.92 Å². The molecule has 1 aliphatic rings. The first-order valence-electron chi connectivity index (χ1n) is 7.65. The molecule has 3 heteroatoms. The Morgan fingerprint density at radius 1 is 1.40 bits per heavy atom. The molecule has 1 atom stereocenters. The molecule has 20 heavy (non-hydrogen) atoms. The predicted molar refractivity (Wildman–Crippen MR) is 86.8 cm³/mol. The molecule has 1 unspecified atom stereocenters. The van der Waals surface area contributed by atoms with Gasteiger partial charge in [0, 0.05) is 23.8 Å². The molecular formula is C17H28N2O. The van der Waals surface area contributed by atoms with Gasteiger partial charge in [-0.1, -0.05) is 20.3 Å². The fourth-order valence-electron chi connectivity index (χ4n) is 3.44. The van der Waals surface area contributed by atoms with Crippen LogP contribution in [0.3, 0.4) is 0 Å². The van der Waals surface area contributed by atoms with Crippen LogP contribution in [0.5, 0.6) is 5.75 Å². The third-order valence-electron chi connectivity index (χ3n) is 4.47. The van der Waals surface area contributed by atoms with Gasteiger partial charge in [-0.3, -0.25) is 0 Å². The van der Waals surface area contributed by atoms with Crippen molar-refractivity contribution in [1.82, 2.24) is 0 Å². The van der Waals surface area contributed by atoms with Crippen molar-refractivity contribution in [2.45, 2.75) is 58.4 Å². The van der Waals surface area contributed by atoms with Crippen LogP contribution in [-0.2, 0) is 0 Å². The Kier molecular flexibility index (Phi) is 4.17. The second kappa shape index (κ2) is 5.55. The minimum absolute atomic E-state index is 0.183. The molecule has 1 heterocycles. The summed E-state index contributed by atoms with van der Waals surface area (Å²) in [6, 6.07) is 4.23. The van der Waals surface area contributed by atoms with E-state index in [1.165, 1.54) is 24.1 Å².